The van der Waals surface area contributed by atoms with Gasteiger partial charge in [0.1, 0.15) is 5.75 Å². The molecule has 8 heteroatoms. The van der Waals surface area contributed by atoms with E-state index in [2.05, 4.69) is 9.78 Å². The van der Waals surface area contributed by atoms with E-state index in [1.54, 1.807) is 19.1 Å². The molecule has 112 valence electrons. The second kappa shape index (κ2) is 10.7. The van der Waals surface area contributed by atoms with Gasteiger partial charge in [0.25, 0.3) is 0 Å². The molecule has 0 aromatic heterocycles. The van der Waals surface area contributed by atoms with Crippen molar-refractivity contribution in [2.75, 3.05) is 13.2 Å². The van der Waals surface area contributed by atoms with Crippen molar-refractivity contribution >= 4 is 11.9 Å². The van der Waals surface area contributed by atoms with Gasteiger partial charge in [0, 0.05) is 0 Å². The molecule has 0 aliphatic rings. The highest BCUT2D eigenvalue weighted by molar-refractivity contribution is 5.68. The molecule has 8 nitrogen and oxygen atoms in total. The lowest BCUT2D eigenvalue weighted by Crippen LogP contribution is -2.12. The number of aliphatic hydroxyl groups is 1. The SMILES string of the molecule is CC(O)Oc1ccccc1.O=C(O)COOCC(=O)O. The van der Waals surface area contributed by atoms with E-state index >= 15 is 0 Å². The Labute approximate surface area is 115 Å². The molecule has 1 unspecified atom stereocenters. The van der Waals surface area contributed by atoms with Crippen LogP contribution in [-0.4, -0.2) is 46.8 Å². The van der Waals surface area contributed by atoms with Crippen molar-refractivity contribution in [2.45, 2.75) is 13.2 Å². The van der Waals surface area contributed by atoms with Crippen LogP contribution >= 0.6 is 0 Å². The fraction of sp³-hybridized carbons (Fsp3) is 0.333. The van der Waals surface area contributed by atoms with Crippen LogP contribution in [0.4, 0.5) is 0 Å². The molecule has 0 heterocycles. The van der Waals surface area contributed by atoms with E-state index < -0.39 is 31.4 Å². The van der Waals surface area contributed by atoms with Crippen LogP contribution in [-0.2, 0) is 19.4 Å². The summed E-state index contributed by atoms with van der Waals surface area (Å²) in [7, 11) is 0. The summed E-state index contributed by atoms with van der Waals surface area (Å²) < 4.78 is 4.97. The molecule has 0 fully saturated rings. The maximum atomic E-state index is 9.69. The molecule has 0 amide bonds. The predicted molar refractivity (Wildman–Crippen MR) is 65.9 cm³/mol. The number of para-hydroxylation sites is 1. The Balaban J connectivity index is 0.000000361. The lowest BCUT2D eigenvalue weighted by atomic mass is 10.3. The first-order valence-corrected chi connectivity index (χ1v) is 5.49. The maximum Gasteiger partial charge on any atom is 0.333 e. The van der Waals surface area contributed by atoms with Crippen molar-refractivity contribution in [1.82, 2.24) is 0 Å². The monoisotopic (exact) mass is 288 g/mol. The number of carboxylic acids is 2. The summed E-state index contributed by atoms with van der Waals surface area (Å²) in [6, 6.07) is 9.21. The summed E-state index contributed by atoms with van der Waals surface area (Å²) in [5.41, 5.74) is 0. The van der Waals surface area contributed by atoms with Gasteiger partial charge in [0.15, 0.2) is 19.5 Å². The number of aliphatic carboxylic acids is 2. The van der Waals surface area contributed by atoms with E-state index in [-0.39, 0.29) is 0 Å². The standard InChI is InChI=1S/C8H10O2.C4H6O6/c1-7(9)10-8-5-3-2-4-6-8;5-3(6)1-9-10-2-4(7)8/h2-7,9H,1H3;1-2H2,(H,5,6)(H,7,8). The Bertz CT molecular complexity index is 374. The Morgan fingerprint density at radius 2 is 1.50 bits per heavy atom. The summed E-state index contributed by atoms with van der Waals surface area (Å²) in [5.74, 6) is -1.74. The van der Waals surface area contributed by atoms with Gasteiger partial charge >= 0.3 is 11.9 Å². The van der Waals surface area contributed by atoms with Crippen molar-refractivity contribution in [3.8, 4) is 5.75 Å². The fourth-order valence-corrected chi connectivity index (χ4v) is 0.880. The van der Waals surface area contributed by atoms with Crippen LogP contribution in [0.3, 0.4) is 0 Å². The van der Waals surface area contributed by atoms with E-state index in [0.717, 1.165) is 0 Å². The van der Waals surface area contributed by atoms with Crippen LogP contribution in [0, 0.1) is 0 Å². The van der Waals surface area contributed by atoms with Crippen LogP contribution in [0.1, 0.15) is 6.92 Å². The lowest BCUT2D eigenvalue weighted by molar-refractivity contribution is -0.289. The molecular weight excluding hydrogens is 272 g/mol. The van der Waals surface area contributed by atoms with Gasteiger partial charge in [0.2, 0.25) is 0 Å². The fourth-order valence-electron chi connectivity index (χ4n) is 0.880. The van der Waals surface area contributed by atoms with Crippen LogP contribution < -0.4 is 4.74 Å². The van der Waals surface area contributed by atoms with Crippen LogP contribution in [0.2, 0.25) is 0 Å². The lowest BCUT2D eigenvalue weighted by Gasteiger charge is -2.06. The number of carboxylic acid groups (broad SMARTS) is 2. The number of ether oxygens (including phenoxy) is 1. The quantitative estimate of drug-likeness (QED) is 0.287. The van der Waals surface area contributed by atoms with Gasteiger partial charge in [-0.3, -0.25) is 0 Å². The van der Waals surface area contributed by atoms with Crippen LogP contribution in [0.15, 0.2) is 30.3 Å². The molecule has 0 bridgehead atoms. The number of aliphatic hydroxyl groups excluding tert-OH is 1. The minimum absolute atomic E-state index is 0.659. The molecule has 0 aliphatic heterocycles. The molecule has 1 atom stereocenters. The van der Waals surface area contributed by atoms with E-state index in [1.165, 1.54) is 0 Å². The smallest absolute Gasteiger partial charge is 0.333 e. The van der Waals surface area contributed by atoms with E-state index in [9.17, 15) is 9.59 Å². The average molecular weight is 288 g/mol. The first-order chi connectivity index (χ1) is 9.41. The Morgan fingerprint density at radius 1 is 1.05 bits per heavy atom. The van der Waals surface area contributed by atoms with E-state index in [0.29, 0.717) is 5.75 Å². The highest BCUT2D eigenvalue weighted by atomic mass is 17.2. The third-order valence-electron chi connectivity index (χ3n) is 1.50. The zero-order valence-corrected chi connectivity index (χ0v) is 10.8. The highest BCUT2D eigenvalue weighted by Crippen LogP contribution is 2.09. The number of carbonyl (C=O) groups is 2. The van der Waals surface area contributed by atoms with Gasteiger partial charge in [-0.25, -0.2) is 19.4 Å². The van der Waals surface area contributed by atoms with E-state index in [4.69, 9.17) is 20.1 Å². The van der Waals surface area contributed by atoms with Gasteiger partial charge in [0.05, 0.1) is 0 Å². The third-order valence-corrected chi connectivity index (χ3v) is 1.50. The first kappa shape index (κ1) is 17.8. The largest absolute Gasteiger partial charge is 0.479 e. The zero-order valence-electron chi connectivity index (χ0n) is 10.8. The summed E-state index contributed by atoms with van der Waals surface area (Å²) in [6.45, 7) is 0.257. The highest BCUT2D eigenvalue weighted by Gasteiger charge is 1.99. The maximum absolute atomic E-state index is 9.69. The van der Waals surface area contributed by atoms with Gasteiger partial charge in [-0.1, -0.05) is 18.2 Å². The van der Waals surface area contributed by atoms with Gasteiger partial charge in [-0.15, -0.1) is 0 Å². The first-order valence-electron chi connectivity index (χ1n) is 5.49. The topological polar surface area (TPSA) is 123 Å². The number of rotatable bonds is 7. The molecule has 0 saturated heterocycles. The van der Waals surface area contributed by atoms with Crippen LogP contribution in [0.5, 0.6) is 5.75 Å². The molecular formula is C12H16O8. The van der Waals surface area contributed by atoms with Gasteiger partial charge in [-0.05, 0) is 19.1 Å². The van der Waals surface area contributed by atoms with Crippen molar-refractivity contribution < 1.29 is 39.4 Å². The number of hydrogen-bond acceptors (Lipinski definition) is 6. The van der Waals surface area contributed by atoms with Crippen molar-refractivity contribution in [2.24, 2.45) is 0 Å². The zero-order chi connectivity index (χ0) is 15.4. The van der Waals surface area contributed by atoms with E-state index in [1.807, 2.05) is 18.2 Å². The normalized spacial score (nSPS) is 10.9. The Hall–Kier alpha value is -2.16. The molecule has 1 aromatic carbocycles. The molecule has 1 rings (SSSR count). The minimum atomic E-state index is -1.22. The summed E-state index contributed by atoms with van der Waals surface area (Å²) in [6.07, 6.45) is -0.734. The minimum Gasteiger partial charge on any atom is -0.479 e. The van der Waals surface area contributed by atoms with Crippen molar-refractivity contribution in [3.63, 3.8) is 0 Å². The second-order valence-corrected chi connectivity index (χ2v) is 3.34. The molecule has 0 radical (unpaired) electrons. The molecule has 3 N–H and O–H groups in total. The molecule has 1 aromatic rings. The Kier molecular flexibility index (Phi) is 9.57. The number of benzene rings is 1. The summed E-state index contributed by atoms with van der Waals surface area (Å²) in [4.78, 5) is 27.2. The van der Waals surface area contributed by atoms with Gasteiger partial charge < -0.3 is 20.1 Å². The number of hydrogen-bond donors (Lipinski definition) is 3. The Morgan fingerprint density at radius 3 is 1.85 bits per heavy atom. The van der Waals surface area contributed by atoms with Gasteiger partial charge in [-0.2, -0.15) is 0 Å². The summed E-state index contributed by atoms with van der Waals surface area (Å²) in [5, 5.41) is 24.6. The van der Waals surface area contributed by atoms with Crippen molar-refractivity contribution in [1.29, 1.82) is 0 Å². The van der Waals surface area contributed by atoms with Crippen molar-refractivity contribution in [3.05, 3.63) is 30.3 Å². The third kappa shape index (κ3) is 12.3. The van der Waals surface area contributed by atoms with Crippen LogP contribution in [0.25, 0.3) is 0 Å². The summed E-state index contributed by atoms with van der Waals surface area (Å²) >= 11 is 0. The second-order valence-electron chi connectivity index (χ2n) is 3.34. The molecule has 0 aliphatic carbocycles. The molecule has 20 heavy (non-hydrogen) atoms. The molecule has 0 spiro atoms. The molecule has 0 saturated carbocycles. The predicted octanol–water partition coefficient (Wildman–Crippen LogP) is 0.507. The average Bonchev–Trinajstić information content (AvgIpc) is 2.35.